The molecule has 0 aromatic carbocycles. The molecule has 2 aliphatic heterocycles. The number of carbonyl (C=O) groups is 2. The van der Waals surface area contributed by atoms with Crippen molar-refractivity contribution >= 4 is 21.9 Å². The molecule has 2 heterocycles. The third-order valence-electron chi connectivity index (χ3n) is 4.33. The number of hydrogen-bond acceptors (Lipinski definition) is 5. The summed E-state index contributed by atoms with van der Waals surface area (Å²) in [6.45, 7) is 2.38. The Labute approximate surface area is 130 Å². The highest BCUT2D eigenvalue weighted by atomic mass is 32.2. The van der Waals surface area contributed by atoms with Gasteiger partial charge in [0, 0.05) is 38.4 Å². The standard InChI is InChI=1S/C13H23N3O5S/c1-21-13(18)11-9-15(7-8-16(11)22(2,19)20)12(17)10-3-5-14-6-4-10/h10-11,14H,3-9H2,1-2H3/p+1/t11-/m0/s1. The van der Waals surface area contributed by atoms with Gasteiger partial charge in [-0.1, -0.05) is 0 Å². The van der Waals surface area contributed by atoms with Gasteiger partial charge < -0.3 is 15.0 Å². The predicted octanol–water partition coefficient (Wildman–Crippen LogP) is -2.39. The van der Waals surface area contributed by atoms with E-state index in [0.29, 0.717) is 6.54 Å². The van der Waals surface area contributed by atoms with Gasteiger partial charge in [-0.15, -0.1) is 0 Å². The van der Waals surface area contributed by atoms with Crippen LogP contribution < -0.4 is 5.32 Å². The van der Waals surface area contributed by atoms with Crippen molar-refractivity contribution in [1.29, 1.82) is 0 Å². The molecule has 126 valence electrons. The maximum Gasteiger partial charge on any atom is 0.326 e. The second-order valence-electron chi connectivity index (χ2n) is 5.84. The van der Waals surface area contributed by atoms with Crippen molar-refractivity contribution in [3.63, 3.8) is 0 Å². The molecule has 2 fully saturated rings. The van der Waals surface area contributed by atoms with Gasteiger partial charge >= 0.3 is 5.97 Å². The molecular weight excluding hydrogens is 310 g/mol. The first-order valence-electron chi connectivity index (χ1n) is 7.49. The molecule has 8 nitrogen and oxygen atoms in total. The fourth-order valence-electron chi connectivity index (χ4n) is 3.12. The third kappa shape index (κ3) is 3.76. The monoisotopic (exact) mass is 334 g/mol. The van der Waals surface area contributed by atoms with Crippen LogP contribution in [0.4, 0.5) is 0 Å². The number of piperidine rings is 1. The molecule has 1 amide bonds. The van der Waals surface area contributed by atoms with Gasteiger partial charge in [-0.2, -0.15) is 4.31 Å². The quantitative estimate of drug-likeness (QED) is 0.580. The summed E-state index contributed by atoms with van der Waals surface area (Å²) in [5.74, 6) is -0.622. The van der Waals surface area contributed by atoms with E-state index in [2.05, 4.69) is 5.32 Å². The first-order chi connectivity index (χ1) is 10.3. The number of rotatable bonds is 3. The summed E-state index contributed by atoms with van der Waals surface area (Å²) in [6.07, 6.45) is 2.72. The van der Waals surface area contributed by atoms with Crippen LogP contribution in [0.1, 0.15) is 12.8 Å². The molecule has 2 N–H and O–H groups in total. The number of hydrogen-bond donors (Lipinski definition) is 1. The number of esters is 1. The summed E-state index contributed by atoms with van der Waals surface area (Å²) in [4.78, 5) is 26.1. The highest BCUT2D eigenvalue weighted by Gasteiger charge is 2.41. The molecule has 9 heteroatoms. The van der Waals surface area contributed by atoms with Gasteiger partial charge in [0.25, 0.3) is 0 Å². The Bertz CT molecular complexity index is 530. The molecule has 0 unspecified atom stereocenters. The summed E-state index contributed by atoms with van der Waals surface area (Å²) >= 11 is 0. The largest absolute Gasteiger partial charge is 0.468 e. The van der Waals surface area contributed by atoms with Crippen LogP contribution in [0.25, 0.3) is 0 Å². The maximum atomic E-state index is 12.6. The van der Waals surface area contributed by atoms with Crippen LogP contribution in [0, 0.1) is 5.92 Å². The normalized spacial score (nSPS) is 25.0. The number of nitrogens with two attached hydrogens (primary N) is 1. The lowest BCUT2D eigenvalue weighted by molar-refractivity contribution is -0.664. The van der Waals surface area contributed by atoms with Gasteiger partial charge in [-0.3, -0.25) is 9.59 Å². The number of ether oxygens (including phenoxy) is 1. The van der Waals surface area contributed by atoms with E-state index in [0.717, 1.165) is 36.5 Å². The molecule has 2 rings (SSSR count). The van der Waals surface area contributed by atoms with Crippen molar-refractivity contribution in [3.8, 4) is 0 Å². The van der Waals surface area contributed by atoms with E-state index < -0.39 is 22.0 Å². The number of nitrogens with zero attached hydrogens (tertiary/aromatic N) is 2. The van der Waals surface area contributed by atoms with E-state index in [1.54, 1.807) is 4.90 Å². The summed E-state index contributed by atoms with van der Waals surface area (Å²) in [5.41, 5.74) is 0. The number of sulfonamides is 1. The second-order valence-corrected chi connectivity index (χ2v) is 7.77. The fourth-order valence-corrected chi connectivity index (χ4v) is 4.15. The molecule has 2 saturated heterocycles. The van der Waals surface area contributed by atoms with E-state index >= 15 is 0 Å². The summed E-state index contributed by atoms with van der Waals surface area (Å²) in [5, 5.41) is 2.18. The van der Waals surface area contributed by atoms with Gasteiger partial charge in [0.15, 0.2) is 0 Å². The molecule has 0 aromatic rings. The van der Waals surface area contributed by atoms with Crippen LogP contribution >= 0.6 is 0 Å². The molecule has 0 spiro atoms. The molecule has 2 aliphatic rings. The van der Waals surface area contributed by atoms with Crippen LogP contribution in [-0.4, -0.2) is 81.6 Å². The predicted molar refractivity (Wildman–Crippen MR) is 78.3 cm³/mol. The van der Waals surface area contributed by atoms with E-state index in [1.165, 1.54) is 7.11 Å². The number of piperazine rings is 1. The van der Waals surface area contributed by atoms with Crippen molar-refractivity contribution in [2.24, 2.45) is 5.92 Å². The maximum absolute atomic E-state index is 12.6. The average Bonchev–Trinajstić information content (AvgIpc) is 2.52. The lowest BCUT2D eigenvalue weighted by Gasteiger charge is -2.39. The van der Waals surface area contributed by atoms with Crippen molar-refractivity contribution in [3.05, 3.63) is 0 Å². The number of amides is 1. The van der Waals surface area contributed by atoms with Gasteiger partial charge in [0.2, 0.25) is 15.9 Å². The average molecular weight is 334 g/mol. The molecule has 0 aromatic heterocycles. The smallest absolute Gasteiger partial charge is 0.326 e. The fraction of sp³-hybridized carbons (Fsp3) is 0.846. The lowest BCUT2D eigenvalue weighted by atomic mass is 9.96. The van der Waals surface area contributed by atoms with Gasteiger partial charge in [-0.25, -0.2) is 8.42 Å². The Kier molecular flexibility index (Phi) is 5.41. The van der Waals surface area contributed by atoms with E-state index in [1.807, 2.05) is 0 Å². The number of quaternary nitrogens is 1. The minimum atomic E-state index is -3.51. The van der Waals surface area contributed by atoms with Crippen LogP contribution in [0.2, 0.25) is 0 Å². The topological polar surface area (TPSA) is 101 Å². The van der Waals surface area contributed by atoms with Crippen LogP contribution in [0.5, 0.6) is 0 Å². The molecule has 0 saturated carbocycles. The minimum Gasteiger partial charge on any atom is -0.468 e. The van der Waals surface area contributed by atoms with Crippen molar-refractivity contribution in [1.82, 2.24) is 9.21 Å². The Balaban J connectivity index is 2.10. The number of carbonyl (C=O) groups excluding carboxylic acids is 2. The first-order valence-corrected chi connectivity index (χ1v) is 9.34. The van der Waals surface area contributed by atoms with Gasteiger partial charge in [0.05, 0.1) is 26.5 Å². The lowest BCUT2D eigenvalue weighted by Crippen LogP contribution is -2.86. The second kappa shape index (κ2) is 6.93. The Morgan fingerprint density at radius 1 is 1.18 bits per heavy atom. The first kappa shape index (κ1) is 17.2. The molecule has 0 bridgehead atoms. The molecule has 22 heavy (non-hydrogen) atoms. The van der Waals surface area contributed by atoms with Crippen molar-refractivity contribution < 1.29 is 28.1 Å². The molecular formula is C13H24N3O5S+. The molecule has 1 atom stereocenters. The Hall–Kier alpha value is -1.19. The van der Waals surface area contributed by atoms with Gasteiger partial charge in [0.1, 0.15) is 6.04 Å². The zero-order chi connectivity index (χ0) is 16.3. The summed E-state index contributed by atoms with van der Waals surface area (Å²) in [6, 6.07) is -0.951. The van der Waals surface area contributed by atoms with Crippen LogP contribution in [0.3, 0.4) is 0 Å². The minimum absolute atomic E-state index is 0.0203. The van der Waals surface area contributed by atoms with E-state index in [9.17, 15) is 18.0 Å². The number of methoxy groups -OCH3 is 1. The summed E-state index contributed by atoms with van der Waals surface area (Å²) < 4.78 is 29.4. The van der Waals surface area contributed by atoms with Crippen molar-refractivity contribution in [2.45, 2.75) is 18.9 Å². The SMILES string of the molecule is COC(=O)[C@@H]1CN(C(=O)C2CC[NH2+]CC2)CCN1S(C)(=O)=O. The van der Waals surface area contributed by atoms with Crippen molar-refractivity contribution in [2.75, 3.05) is 46.1 Å². The highest BCUT2D eigenvalue weighted by Crippen LogP contribution is 2.19. The third-order valence-corrected chi connectivity index (χ3v) is 5.62. The summed E-state index contributed by atoms with van der Waals surface area (Å²) in [7, 11) is -2.29. The highest BCUT2D eigenvalue weighted by molar-refractivity contribution is 7.88. The van der Waals surface area contributed by atoms with Crippen LogP contribution in [0.15, 0.2) is 0 Å². The van der Waals surface area contributed by atoms with Crippen LogP contribution in [-0.2, 0) is 24.3 Å². The van der Waals surface area contributed by atoms with E-state index in [-0.39, 0.29) is 24.9 Å². The molecule has 0 radical (unpaired) electrons. The zero-order valence-electron chi connectivity index (χ0n) is 13.0. The van der Waals surface area contributed by atoms with E-state index in [4.69, 9.17) is 4.74 Å². The molecule has 0 aliphatic carbocycles. The Morgan fingerprint density at radius 3 is 2.36 bits per heavy atom. The zero-order valence-corrected chi connectivity index (χ0v) is 13.8. The van der Waals surface area contributed by atoms with Gasteiger partial charge in [-0.05, 0) is 0 Å². The Morgan fingerprint density at radius 2 is 1.82 bits per heavy atom.